The molecule has 1 N–H and O–H groups in total. The number of nitrogens with one attached hydrogen (secondary N) is 1. The van der Waals surface area contributed by atoms with Crippen molar-refractivity contribution in [1.82, 2.24) is 10.2 Å². The molecule has 0 amide bonds. The Morgan fingerprint density at radius 3 is 3.12 bits per heavy atom. The third-order valence-corrected chi connectivity index (χ3v) is 3.85. The Kier molecular flexibility index (Phi) is 4.79. The molecule has 0 spiro atoms. The highest BCUT2D eigenvalue weighted by Gasteiger charge is 2.29. The van der Waals surface area contributed by atoms with Gasteiger partial charge < -0.3 is 14.8 Å². The predicted molar refractivity (Wildman–Crippen MR) is 68.3 cm³/mol. The second-order valence-electron chi connectivity index (χ2n) is 5.43. The van der Waals surface area contributed by atoms with Gasteiger partial charge in [0.15, 0.2) is 0 Å². The van der Waals surface area contributed by atoms with Crippen molar-refractivity contribution in [2.45, 2.75) is 38.4 Å². The van der Waals surface area contributed by atoms with E-state index in [4.69, 9.17) is 9.47 Å². The van der Waals surface area contributed by atoms with Gasteiger partial charge >= 0.3 is 0 Å². The van der Waals surface area contributed by atoms with Gasteiger partial charge in [-0.25, -0.2) is 0 Å². The average Bonchev–Trinajstić information content (AvgIpc) is 2.38. The first-order chi connectivity index (χ1) is 8.22. The molecule has 2 atom stereocenters. The summed E-state index contributed by atoms with van der Waals surface area (Å²) in [5.41, 5.74) is 0.0100. The van der Waals surface area contributed by atoms with Crippen molar-refractivity contribution >= 4 is 0 Å². The van der Waals surface area contributed by atoms with Gasteiger partial charge in [-0.15, -0.1) is 0 Å². The van der Waals surface area contributed by atoms with Crippen molar-refractivity contribution in [3.8, 4) is 0 Å². The molecule has 100 valence electrons. The minimum atomic E-state index is 0.0100. The second kappa shape index (κ2) is 6.14. The largest absolute Gasteiger partial charge is 0.373 e. The van der Waals surface area contributed by atoms with Gasteiger partial charge in [0.05, 0.1) is 24.9 Å². The van der Waals surface area contributed by atoms with Crippen LogP contribution in [0, 0.1) is 0 Å². The van der Waals surface area contributed by atoms with E-state index < -0.39 is 0 Å². The standard InChI is InChI=1S/C13H26N2O2/c1-3-15-7-8-16-12(9-15)10-17-13(2)5-4-6-14-11-13/h12,14H,3-11H2,1-2H3. The molecular weight excluding hydrogens is 216 g/mol. The molecule has 0 bridgehead atoms. The van der Waals surface area contributed by atoms with E-state index in [1.54, 1.807) is 0 Å². The molecule has 4 heteroatoms. The van der Waals surface area contributed by atoms with Crippen molar-refractivity contribution in [2.24, 2.45) is 0 Å². The van der Waals surface area contributed by atoms with E-state index in [1.807, 2.05) is 0 Å². The summed E-state index contributed by atoms with van der Waals surface area (Å²) >= 11 is 0. The molecule has 2 aliphatic rings. The Bertz CT molecular complexity index is 229. The van der Waals surface area contributed by atoms with Crippen molar-refractivity contribution in [3.05, 3.63) is 0 Å². The van der Waals surface area contributed by atoms with Crippen LogP contribution in [0.2, 0.25) is 0 Å². The lowest BCUT2D eigenvalue weighted by Gasteiger charge is -2.37. The van der Waals surface area contributed by atoms with Gasteiger partial charge in [-0.2, -0.15) is 0 Å². The zero-order chi connectivity index (χ0) is 12.1. The van der Waals surface area contributed by atoms with Crippen LogP contribution in [0.3, 0.4) is 0 Å². The molecule has 2 rings (SSSR count). The topological polar surface area (TPSA) is 33.7 Å². The lowest BCUT2D eigenvalue weighted by atomic mass is 9.96. The first kappa shape index (κ1) is 13.3. The number of hydrogen-bond donors (Lipinski definition) is 1. The van der Waals surface area contributed by atoms with Crippen LogP contribution >= 0.6 is 0 Å². The van der Waals surface area contributed by atoms with Crippen LogP contribution in [0.15, 0.2) is 0 Å². The summed E-state index contributed by atoms with van der Waals surface area (Å²) in [7, 11) is 0. The molecule has 0 aromatic carbocycles. The molecule has 2 aliphatic heterocycles. The molecule has 0 aromatic heterocycles. The Labute approximate surface area is 105 Å². The molecule has 0 aliphatic carbocycles. The van der Waals surface area contributed by atoms with Crippen LogP contribution in [0.4, 0.5) is 0 Å². The smallest absolute Gasteiger partial charge is 0.0935 e. The summed E-state index contributed by atoms with van der Waals surface area (Å²) in [6.07, 6.45) is 2.62. The Hall–Kier alpha value is -0.160. The molecule has 2 heterocycles. The van der Waals surface area contributed by atoms with Crippen molar-refractivity contribution in [3.63, 3.8) is 0 Å². The van der Waals surface area contributed by atoms with Gasteiger partial charge in [0.2, 0.25) is 0 Å². The van der Waals surface area contributed by atoms with Crippen LogP contribution in [0.1, 0.15) is 26.7 Å². The monoisotopic (exact) mass is 242 g/mol. The van der Waals surface area contributed by atoms with Gasteiger partial charge in [0.1, 0.15) is 0 Å². The molecule has 17 heavy (non-hydrogen) atoms. The fourth-order valence-electron chi connectivity index (χ4n) is 2.61. The molecule has 2 fully saturated rings. The number of morpholine rings is 1. The maximum atomic E-state index is 6.09. The van der Waals surface area contributed by atoms with Crippen LogP contribution in [-0.4, -0.2) is 62.5 Å². The highest BCUT2D eigenvalue weighted by molar-refractivity contribution is 4.83. The van der Waals surface area contributed by atoms with E-state index in [-0.39, 0.29) is 11.7 Å². The maximum absolute atomic E-state index is 6.09. The molecule has 0 aromatic rings. The van der Waals surface area contributed by atoms with Crippen molar-refractivity contribution < 1.29 is 9.47 Å². The minimum absolute atomic E-state index is 0.0100. The number of piperidine rings is 1. The zero-order valence-corrected chi connectivity index (χ0v) is 11.2. The van der Waals surface area contributed by atoms with E-state index in [1.165, 1.54) is 6.42 Å². The van der Waals surface area contributed by atoms with Crippen LogP contribution in [-0.2, 0) is 9.47 Å². The normalized spacial score (nSPS) is 36.0. The summed E-state index contributed by atoms with van der Waals surface area (Å²) in [6, 6.07) is 0. The summed E-state index contributed by atoms with van der Waals surface area (Å²) < 4.78 is 11.8. The molecule has 0 radical (unpaired) electrons. The quantitative estimate of drug-likeness (QED) is 0.793. The lowest BCUT2D eigenvalue weighted by molar-refractivity contribution is -0.118. The Morgan fingerprint density at radius 2 is 2.41 bits per heavy atom. The van der Waals surface area contributed by atoms with Crippen molar-refractivity contribution in [1.29, 1.82) is 0 Å². The van der Waals surface area contributed by atoms with Crippen LogP contribution in [0.25, 0.3) is 0 Å². The Balaban J connectivity index is 1.73. The Morgan fingerprint density at radius 1 is 1.53 bits per heavy atom. The van der Waals surface area contributed by atoms with Gasteiger partial charge in [0, 0.05) is 19.6 Å². The van der Waals surface area contributed by atoms with Gasteiger partial charge in [-0.05, 0) is 32.9 Å². The summed E-state index contributed by atoms with van der Waals surface area (Å²) in [6.45, 7) is 11.3. The number of ether oxygens (including phenoxy) is 2. The number of likely N-dealkylation sites (N-methyl/N-ethyl adjacent to an activating group) is 1. The summed E-state index contributed by atoms with van der Waals surface area (Å²) in [4.78, 5) is 2.43. The fourth-order valence-corrected chi connectivity index (χ4v) is 2.61. The van der Waals surface area contributed by atoms with Gasteiger partial charge in [-0.1, -0.05) is 6.92 Å². The van der Waals surface area contributed by atoms with Crippen LogP contribution in [0.5, 0.6) is 0 Å². The average molecular weight is 242 g/mol. The molecule has 2 unspecified atom stereocenters. The maximum Gasteiger partial charge on any atom is 0.0935 e. The third-order valence-electron chi connectivity index (χ3n) is 3.85. The molecular formula is C13H26N2O2. The highest BCUT2D eigenvalue weighted by atomic mass is 16.5. The van der Waals surface area contributed by atoms with E-state index in [0.717, 1.165) is 52.4 Å². The van der Waals surface area contributed by atoms with Crippen molar-refractivity contribution in [2.75, 3.05) is 45.9 Å². The number of hydrogen-bond acceptors (Lipinski definition) is 4. The number of rotatable bonds is 4. The molecule has 2 saturated heterocycles. The number of nitrogens with zero attached hydrogens (tertiary/aromatic N) is 1. The van der Waals surface area contributed by atoms with E-state index in [2.05, 4.69) is 24.1 Å². The van der Waals surface area contributed by atoms with Crippen LogP contribution < -0.4 is 5.32 Å². The lowest BCUT2D eigenvalue weighted by Crippen LogP contribution is -2.49. The molecule has 4 nitrogen and oxygen atoms in total. The second-order valence-corrected chi connectivity index (χ2v) is 5.43. The predicted octanol–water partition coefficient (Wildman–Crippen LogP) is 0.866. The SMILES string of the molecule is CCN1CCOC(COC2(C)CCCNC2)C1. The zero-order valence-electron chi connectivity index (χ0n) is 11.2. The van der Waals surface area contributed by atoms with E-state index >= 15 is 0 Å². The third kappa shape index (κ3) is 3.91. The minimum Gasteiger partial charge on any atom is -0.373 e. The first-order valence-electron chi connectivity index (χ1n) is 6.90. The first-order valence-corrected chi connectivity index (χ1v) is 6.90. The summed E-state index contributed by atoms with van der Waals surface area (Å²) in [5.74, 6) is 0. The van der Waals surface area contributed by atoms with Gasteiger partial charge in [-0.3, -0.25) is 4.90 Å². The fraction of sp³-hybridized carbons (Fsp3) is 1.00. The summed E-state index contributed by atoms with van der Waals surface area (Å²) in [5, 5.41) is 3.41. The van der Waals surface area contributed by atoms with E-state index in [9.17, 15) is 0 Å². The molecule has 0 saturated carbocycles. The van der Waals surface area contributed by atoms with Gasteiger partial charge in [0.25, 0.3) is 0 Å². The van der Waals surface area contributed by atoms with E-state index in [0.29, 0.717) is 0 Å². The highest BCUT2D eigenvalue weighted by Crippen LogP contribution is 2.21.